The van der Waals surface area contributed by atoms with Gasteiger partial charge in [-0.1, -0.05) is 15.9 Å². The first-order valence-electron chi connectivity index (χ1n) is 6.01. The zero-order chi connectivity index (χ0) is 13.5. The van der Waals surface area contributed by atoms with Gasteiger partial charge in [0.1, 0.15) is 18.0 Å². The molecule has 0 unspecified atom stereocenters. The third-order valence-electron chi connectivity index (χ3n) is 2.46. The van der Waals surface area contributed by atoms with E-state index < -0.39 is 0 Å². The number of anilines is 3. The van der Waals surface area contributed by atoms with Crippen molar-refractivity contribution in [3.05, 3.63) is 41.1 Å². The van der Waals surface area contributed by atoms with E-state index in [0.717, 1.165) is 34.9 Å². The van der Waals surface area contributed by atoms with Crippen LogP contribution >= 0.6 is 15.9 Å². The largest absolute Gasteiger partial charge is 0.369 e. The molecule has 0 saturated heterocycles. The second kappa shape index (κ2) is 7.06. The summed E-state index contributed by atoms with van der Waals surface area (Å²) in [4.78, 5) is 8.37. The van der Waals surface area contributed by atoms with E-state index in [1.54, 1.807) is 6.33 Å². The molecule has 0 aliphatic rings. The number of rotatable bonds is 6. The van der Waals surface area contributed by atoms with Crippen LogP contribution < -0.4 is 16.0 Å². The van der Waals surface area contributed by atoms with Gasteiger partial charge in [0.2, 0.25) is 0 Å². The molecule has 1 heterocycles. The molecule has 0 aliphatic heterocycles. The number of nitrogens with zero attached hydrogens (tertiary/aromatic N) is 2. The molecule has 2 aromatic rings. The quantitative estimate of drug-likeness (QED) is 0.714. The topological polar surface area (TPSA) is 61.9 Å². The Morgan fingerprint density at radius 2 is 1.79 bits per heavy atom. The lowest BCUT2D eigenvalue weighted by atomic mass is 10.3. The van der Waals surface area contributed by atoms with Crippen molar-refractivity contribution in [2.45, 2.75) is 0 Å². The van der Waals surface area contributed by atoms with Crippen molar-refractivity contribution < 1.29 is 0 Å². The van der Waals surface area contributed by atoms with Crippen LogP contribution in [0.5, 0.6) is 0 Å². The van der Waals surface area contributed by atoms with Crippen molar-refractivity contribution in [1.82, 2.24) is 15.3 Å². The third kappa shape index (κ3) is 4.50. The Labute approximate surface area is 121 Å². The van der Waals surface area contributed by atoms with E-state index in [2.05, 4.69) is 41.8 Å². The number of halogens is 1. The van der Waals surface area contributed by atoms with Crippen LogP contribution in [0, 0.1) is 0 Å². The van der Waals surface area contributed by atoms with E-state index in [4.69, 9.17) is 0 Å². The second-order valence-electron chi connectivity index (χ2n) is 3.95. The second-order valence-corrected chi connectivity index (χ2v) is 4.87. The predicted molar refractivity (Wildman–Crippen MR) is 81.9 cm³/mol. The molecule has 19 heavy (non-hydrogen) atoms. The number of hydrogen-bond donors (Lipinski definition) is 3. The summed E-state index contributed by atoms with van der Waals surface area (Å²) in [6.07, 6.45) is 1.54. The summed E-state index contributed by atoms with van der Waals surface area (Å²) in [6.45, 7) is 1.71. The first kappa shape index (κ1) is 13.8. The van der Waals surface area contributed by atoms with Crippen LogP contribution in [0.1, 0.15) is 0 Å². The number of aromatic nitrogens is 2. The molecule has 0 bridgehead atoms. The fourth-order valence-corrected chi connectivity index (χ4v) is 1.78. The predicted octanol–water partition coefficient (Wildman–Crippen LogP) is 2.61. The van der Waals surface area contributed by atoms with Gasteiger partial charge in [-0.2, -0.15) is 0 Å². The van der Waals surface area contributed by atoms with E-state index in [1.807, 2.05) is 37.4 Å². The van der Waals surface area contributed by atoms with Crippen LogP contribution in [-0.2, 0) is 0 Å². The van der Waals surface area contributed by atoms with Crippen molar-refractivity contribution in [2.75, 3.05) is 30.8 Å². The molecule has 0 spiro atoms. The van der Waals surface area contributed by atoms with Gasteiger partial charge in [0.25, 0.3) is 0 Å². The molecule has 0 saturated carbocycles. The van der Waals surface area contributed by atoms with Crippen LogP contribution in [0.15, 0.2) is 41.1 Å². The van der Waals surface area contributed by atoms with E-state index in [0.29, 0.717) is 0 Å². The van der Waals surface area contributed by atoms with Crippen LogP contribution in [0.4, 0.5) is 17.3 Å². The van der Waals surface area contributed by atoms with Crippen LogP contribution in [0.3, 0.4) is 0 Å². The fraction of sp³-hybridized carbons (Fsp3) is 0.231. The first-order chi connectivity index (χ1) is 9.28. The maximum absolute atomic E-state index is 4.20. The zero-order valence-corrected chi connectivity index (χ0v) is 12.2. The zero-order valence-electron chi connectivity index (χ0n) is 10.7. The fourth-order valence-electron chi connectivity index (χ4n) is 1.52. The number of benzene rings is 1. The first-order valence-corrected chi connectivity index (χ1v) is 6.80. The van der Waals surface area contributed by atoms with E-state index >= 15 is 0 Å². The summed E-state index contributed by atoms with van der Waals surface area (Å²) in [5, 5.41) is 9.53. The van der Waals surface area contributed by atoms with Gasteiger partial charge >= 0.3 is 0 Å². The SMILES string of the molecule is CNCCNc1cc(Nc2ccc(Br)cc2)ncn1. The van der Waals surface area contributed by atoms with Crippen molar-refractivity contribution >= 4 is 33.3 Å². The normalized spacial score (nSPS) is 10.2. The van der Waals surface area contributed by atoms with Crippen LogP contribution in [0.2, 0.25) is 0 Å². The van der Waals surface area contributed by atoms with Gasteiger partial charge in [0.05, 0.1) is 0 Å². The van der Waals surface area contributed by atoms with Gasteiger partial charge < -0.3 is 16.0 Å². The number of nitrogens with one attached hydrogen (secondary N) is 3. The maximum Gasteiger partial charge on any atom is 0.135 e. The summed E-state index contributed by atoms with van der Waals surface area (Å²) in [5.74, 6) is 1.58. The molecule has 6 heteroatoms. The molecule has 0 aliphatic carbocycles. The highest BCUT2D eigenvalue weighted by Gasteiger charge is 1.99. The molecular weight excluding hydrogens is 306 g/mol. The lowest BCUT2D eigenvalue weighted by Crippen LogP contribution is -2.18. The van der Waals surface area contributed by atoms with E-state index in [1.165, 1.54) is 0 Å². The Kier molecular flexibility index (Phi) is 5.11. The average molecular weight is 322 g/mol. The molecule has 0 atom stereocenters. The molecule has 3 N–H and O–H groups in total. The Hall–Kier alpha value is -1.66. The maximum atomic E-state index is 4.20. The van der Waals surface area contributed by atoms with E-state index in [-0.39, 0.29) is 0 Å². The summed E-state index contributed by atoms with van der Waals surface area (Å²) in [7, 11) is 1.92. The molecular formula is C13H16BrN5. The molecule has 100 valence electrons. The molecule has 0 radical (unpaired) electrons. The smallest absolute Gasteiger partial charge is 0.135 e. The summed E-state index contributed by atoms with van der Waals surface area (Å²) >= 11 is 3.41. The van der Waals surface area contributed by atoms with Gasteiger partial charge in [-0.05, 0) is 31.3 Å². The Balaban J connectivity index is 2.00. The Morgan fingerprint density at radius 1 is 1.05 bits per heavy atom. The van der Waals surface area contributed by atoms with E-state index in [9.17, 15) is 0 Å². The van der Waals surface area contributed by atoms with Crippen molar-refractivity contribution in [3.63, 3.8) is 0 Å². The third-order valence-corrected chi connectivity index (χ3v) is 2.99. The summed E-state index contributed by atoms with van der Waals surface area (Å²) in [6, 6.07) is 9.82. The lowest BCUT2D eigenvalue weighted by Gasteiger charge is -2.08. The van der Waals surface area contributed by atoms with Crippen molar-refractivity contribution in [3.8, 4) is 0 Å². The molecule has 0 amide bonds. The lowest BCUT2D eigenvalue weighted by molar-refractivity contribution is 0.821. The summed E-state index contributed by atoms with van der Waals surface area (Å²) in [5.41, 5.74) is 0.989. The van der Waals surface area contributed by atoms with Gasteiger partial charge in [0, 0.05) is 29.3 Å². The molecule has 0 fully saturated rings. The molecule has 1 aromatic carbocycles. The van der Waals surface area contributed by atoms with Crippen LogP contribution in [-0.4, -0.2) is 30.1 Å². The molecule has 1 aromatic heterocycles. The van der Waals surface area contributed by atoms with Gasteiger partial charge in [-0.15, -0.1) is 0 Å². The monoisotopic (exact) mass is 321 g/mol. The highest BCUT2D eigenvalue weighted by Crippen LogP contribution is 2.18. The number of likely N-dealkylation sites (N-methyl/N-ethyl adjacent to an activating group) is 1. The molecule has 5 nitrogen and oxygen atoms in total. The van der Waals surface area contributed by atoms with Gasteiger partial charge in [0.15, 0.2) is 0 Å². The van der Waals surface area contributed by atoms with Crippen molar-refractivity contribution in [2.24, 2.45) is 0 Å². The minimum Gasteiger partial charge on any atom is -0.369 e. The minimum atomic E-state index is 0.768. The van der Waals surface area contributed by atoms with Crippen molar-refractivity contribution in [1.29, 1.82) is 0 Å². The summed E-state index contributed by atoms with van der Waals surface area (Å²) < 4.78 is 1.05. The van der Waals surface area contributed by atoms with Crippen LogP contribution in [0.25, 0.3) is 0 Å². The minimum absolute atomic E-state index is 0.768. The Bertz CT molecular complexity index is 515. The highest BCUT2D eigenvalue weighted by atomic mass is 79.9. The van der Waals surface area contributed by atoms with Gasteiger partial charge in [-0.3, -0.25) is 0 Å². The molecule has 2 rings (SSSR count). The standard InChI is InChI=1S/C13H16BrN5/c1-15-6-7-16-12-8-13(18-9-17-12)19-11-4-2-10(14)3-5-11/h2-5,8-9,15H,6-7H2,1H3,(H2,16,17,18,19). The Morgan fingerprint density at radius 3 is 2.53 bits per heavy atom. The average Bonchev–Trinajstić information content (AvgIpc) is 2.42. The highest BCUT2D eigenvalue weighted by molar-refractivity contribution is 9.10. The number of hydrogen-bond acceptors (Lipinski definition) is 5. The van der Waals surface area contributed by atoms with Gasteiger partial charge in [-0.25, -0.2) is 9.97 Å².